The van der Waals surface area contributed by atoms with Gasteiger partial charge in [-0.1, -0.05) is 25.0 Å². The Hall–Kier alpha value is -2.86. The van der Waals surface area contributed by atoms with Crippen LogP contribution >= 0.6 is 0 Å². The Kier molecular flexibility index (Phi) is 4.05. The van der Waals surface area contributed by atoms with E-state index in [1.54, 1.807) is 6.26 Å². The van der Waals surface area contributed by atoms with Crippen molar-refractivity contribution in [3.05, 3.63) is 64.6 Å². The van der Waals surface area contributed by atoms with Crippen LogP contribution in [-0.4, -0.2) is 20.9 Å². The first kappa shape index (κ1) is 16.3. The number of benzene rings is 1. The Morgan fingerprint density at radius 2 is 1.96 bits per heavy atom. The van der Waals surface area contributed by atoms with Crippen molar-refractivity contribution in [2.75, 3.05) is 0 Å². The fourth-order valence-electron chi connectivity index (χ4n) is 4.10. The molecule has 0 atom stereocenters. The standard InChI is InChI=1S/C21H21N3O3/c25-21-20-19(16-9-3-4-10-17(16)27-20)22-18(23-21)13-24(14-6-1-2-7-14)12-15-8-5-11-26-15/h3-5,8-11,14H,1-2,6-7,12-13H2,(H,22,23,25). The molecule has 138 valence electrons. The Bertz CT molecular complexity index is 1120. The van der Waals surface area contributed by atoms with Crippen LogP contribution in [-0.2, 0) is 13.1 Å². The maximum atomic E-state index is 12.6. The molecule has 0 spiro atoms. The average molecular weight is 363 g/mol. The van der Waals surface area contributed by atoms with Crippen molar-refractivity contribution in [3.8, 4) is 0 Å². The summed E-state index contributed by atoms with van der Waals surface area (Å²) in [5, 5.41) is 0.873. The number of nitrogens with zero attached hydrogens (tertiary/aromatic N) is 2. The molecule has 1 fully saturated rings. The fraction of sp³-hybridized carbons (Fsp3) is 0.333. The molecule has 0 unspecified atom stereocenters. The van der Waals surface area contributed by atoms with Crippen molar-refractivity contribution >= 4 is 22.1 Å². The summed E-state index contributed by atoms with van der Waals surface area (Å²) >= 11 is 0. The first-order chi connectivity index (χ1) is 13.3. The van der Waals surface area contributed by atoms with Gasteiger partial charge >= 0.3 is 0 Å². The number of aromatic nitrogens is 2. The molecule has 27 heavy (non-hydrogen) atoms. The second-order valence-corrected chi connectivity index (χ2v) is 7.21. The van der Waals surface area contributed by atoms with E-state index in [1.807, 2.05) is 36.4 Å². The van der Waals surface area contributed by atoms with Gasteiger partial charge in [0.2, 0.25) is 5.58 Å². The number of fused-ring (bicyclic) bond motifs is 3. The van der Waals surface area contributed by atoms with Crippen molar-refractivity contribution in [3.63, 3.8) is 0 Å². The molecule has 3 heterocycles. The first-order valence-corrected chi connectivity index (χ1v) is 9.45. The summed E-state index contributed by atoms with van der Waals surface area (Å²) < 4.78 is 11.2. The molecule has 6 nitrogen and oxygen atoms in total. The summed E-state index contributed by atoms with van der Waals surface area (Å²) in [5.41, 5.74) is 1.38. The number of nitrogens with one attached hydrogen (secondary N) is 1. The molecule has 1 aliphatic rings. The Morgan fingerprint density at radius 3 is 2.78 bits per heavy atom. The second-order valence-electron chi connectivity index (χ2n) is 7.21. The van der Waals surface area contributed by atoms with Gasteiger partial charge in [0.1, 0.15) is 22.7 Å². The van der Waals surface area contributed by atoms with Crippen LogP contribution in [0.5, 0.6) is 0 Å². The second kappa shape index (κ2) is 6.70. The predicted octanol–water partition coefficient (Wildman–Crippen LogP) is 4.21. The molecule has 3 aromatic heterocycles. The molecule has 1 aliphatic carbocycles. The molecule has 0 amide bonds. The Morgan fingerprint density at radius 1 is 1.11 bits per heavy atom. The van der Waals surface area contributed by atoms with Crippen molar-refractivity contribution in [2.45, 2.75) is 44.8 Å². The zero-order valence-corrected chi connectivity index (χ0v) is 15.0. The van der Waals surface area contributed by atoms with Gasteiger partial charge in [-0.2, -0.15) is 0 Å². The highest BCUT2D eigenvalue weighted by atomic mass is 16.3. The zero-order chi connectivity index (χ0) is 18.2. The molecule has 5 rings (SSSR count). The Labute approximate surface area is 155 Å². The lowest BCUT2D eigenvalue weighted by Crippen LogP contribution is -2.33. The lowest BCUT2D eigenvalue weighted by Gasteiger charge is -2.27. The smallest absolute Gasteiger partial charge is 0.294 e. The van der Waals surface area contributed by atoms with E-state index < -0.39 is 0 Å². The van der Waals surface area contributed by atoms with E-state index in [9.17, 15) is 4.79 Å². The largest absolute Gasteiger partial charge is 0.468 e. The lowest BCUT2D eigenvalue weighted by molar-refractivity contribution is 0.163. The number of rotatable bonds is 5. The van der Waals surface area contributed by atoms with Crippen molar-refractivity contribution in [1.29, 1.82) is 0 Å². The van der Waals surface area contributed by atoms with Gasteiger partial charge in [-0.05, 0) is 37.1 Å². The third kappa shape index (κ3) is 3.06. The van der Waals surface area contributed by atoms with E-state index in [0.717, 1.165) is 11.1 Å². The van der Waals surface area contributed by atoms with Gasteiger partial charge in [0.25, 0.3) is 5.56 Å². The third-order valence-electron chi connectivity index (χ3n) is 5.41. The van der Waals surface area contributed by atoms with Crippen molar-refractivity contribution in [2.24, 2.45) is 0 Å². The van der Waals surface area contributed by atoms with E-state index in [4.69, 9.17) is 13.8 Å². The summed E-state index contributed by atoms with van der Waals surface area (Å²) in [7, 11) is 0. The van der Waals surface area contributed by atoms with E-state index in [0.29, 0.717) is 41.6 Å². The van der Waals surface area contributed by atoms with Crippen LogP contribution in [0, 0.1) is 0 Å². The molecular weight excluding hydrogens is 342 g/mol. The van der Waals surface area contributed by atoms with Crippen LogP contribution in [0.3, 0.4) is 0 Å². The van der Waals surface area contributed by atoms with Crippen molar-refractivity contribution in [1.82, 2.24) is 14.9 Å². The molecule has 1 aromatic carbocycles. The summed E-state index contributed by atoms with van der Waals surface area (Å²) in [5.74, 6) is 1.59. The zero-order valence-electron chi connectivity index (χ0n) is 15.0. The summed E-state index contributed by atoms with van der Waals surface area (Å²) in [6, 6.07) is 12.0. The number of H-pyrrole nitrogens is 1. The quantitative estimate of drug-likeness (QED) is 0.575. The molecule has 0 saturated heterocycles. The monoisotopic (exact) mass is 363 g/mol. The highest BCUT2D eigenvalue weighted by Gasteiger charge is 2.25. The highest BCUT2D eigenvalue weighted by Crippen LogP contribution is 2.27. The number of hydrogen-bond donors (Lipinski definition) is 1. The van der Waals surface area contributed by atoms with Crippen LogP contribution in [0.1, 0.15) is 37.3 Å². The van der Waals surface area contributed by atoms with Crippen LogP contribution in [0.25, 0.3) is 22.1 Å². The predicted molar refractivity (Wildman–Crippen MR) is 102 cm³/mol. The number of aromatic amines is 1. The van der Waals surface area contributed by atoms with E-state index in [2.05, 4.69) is 9.88 Å². The van der Waals surface area contributed by atoms with Gasteiger partial charge < -0.3 is 13.8 Å². The van der Waals surface area contributed by atoms with Gasteiger partial charge in [0, 0.05) is 11.4 Å². The van der Waals surface area contributed by atoms with E-state index >= 15 is 0 Å². The molecule has 4 aromatic rings. The minimum Gasteiger partial charge on any atom is -0.468 e. The van der Waals surface area contributed by atoms with E-state index in [-0.39, 0.29) is 5.56 Å². The molecule has 6 heteroatoms. The van der Waals surface area contributed by atoms with Crippen LogP contribution in [0.2, 0.25) is 0 Å². The van der Waals surface area contributed by atoms with Crippen LogP contribution < -0.4 is 5.56 Å². The molecule has 1 saturated carbocycles. The highest BCUT2D eigenvalue weighted by molar-refractivity contribution is 6.01. The van der Waals surface area contributed by atoms with Gasteiger partial charge in [-0.25, -0.2) is 4.98 Å². The van der Waals surface area contributed by atoms with Crippen LogP contribution in [0.15, 0.2) is 56.3 Å². The van der Waals surface area contributed by atoms with Crippen LogP contribution in [0.4, 0.5) is 0 Å². The summed E-state index contributed by atoms with van der Waals surface area (Å²) in [6.45, 7) is 1.29. The normalized spacial score (nSPS) is 15.4. The van der Waals surface area contributed by atoms with Gasteiger partial charge in [0.15, 0.2) is 0 Å². The van der Waals surface area contributed by atoms with Gasteiger partial charge in [-0.3, -0.25) is 9.69 Å². The van der Waals surface area contributed by atoms with Crippen molar-refractivity contribution < 1.29 is 8.83 Å². The fourth-order valence-corrected chi connectivity index (χ4v) is 4.10. The first-order valence-electron chi connectivity index (χ1n) is 9.45. The van der Waals surface area contributed by atoms with E-state index in [1.165, 1.54) is 25.7 Å². The molecule has 0 aliphatic heterocycles. The minimum atomic E-state index is -0.226. The number of hydrogen-bond acceptors (Lipinski definition) is 5. The summed E-state index contributed by atoms with van der Waals surface area (Å²) in [4.78, 5) is 22.6. The number of furan rings is 2. The number of para-hydroxylation sites is 1. The topological polar surface area (TPSA) is 75.3 Å². The van der Waals surface area contributed by atoms with Gasteiger partial charge in [-0.15, -0.1) is 0 Å². The molecular formula is C21H21N3O3. The minimum absolute atomic E-state index is 0.226. The average Bonchev–Trinajstić information content (AvgIpc) is 3.42. The maximum absolute atomic E-state index is 12.6. The summed E-state index contributed by atoms with van der Waals surface area (Å²) in [6.07, 6.45) is 6.53. The maximum Gasteiger partial charge on any atom is 0.294 e. The Balaban J connectivity index is 1.52. The molecule has 0 bridgehead atoms. The molecule has 0 radical (unpaired) electrons. The molecule has 1 N–H and O–H groups in total. The SMILES string of the molecule is O=c1[nH]c(CN(Cc2ccco2)C2CCCC2)nc2c1oc1ccccc12. The van der Waals surface area contributed by atoms with Gasteiger partial charge in [0.05, 0.1) is 19.4 Å². The lowest BCUT2D eigenvalue weighted by atomic mass is 10.2. The third-order valence-corrected chi connectivity index (χ3v) is 5.41.